The lowest BCUT2D eigenvalue weighted by Gasteiger charge is -2.33. The molecule has 0 aromatic carbocycles. The Labute approximate surface area is 128 Å². The molecule has 0 radical (unpaired) electrons. The minimum Gasteiger partial charge on any atom is -0.395 e. The van der Waals surface area contributed by atoms with Gasteiger partial charge < -0.3 is 10.8 Å². The van der Waals surface area contributed by atoms with Gasteiger partial charge >= 0.3 is 0 Å². The van der Waals surface area contributed by atoms with Gasteiger partial charge in [0.2, 0.25) is 0 Å². The Kier molecular flexibility index (Phi) is 4.67. The van der Waals surface area contributed by atoms with Crippen molar-refractivity contribution in [2.75, 3.05) is 18.9 Å². The lowest BCUT2D eigenvalue weighted by Crippen LogP contribution is -2.38. The third-order valence-corrected chi connectivity index (χ3v) is 5.03. The summed E-state index contributed by atoms with van der Waals surface area (Å²) in [5.41, 5.74) is 6.02. The van der Waals surface area contributed by atoms with Crippen LogP contribution in [0.25, 0.3) is 10.2 Å². The molecular formula is C15H22N4OS. The van der Waals surface area contributed by atoms with E-state index in [1.165, 1.54) is 32.1 Å². The summed E-state index contributed by atoms with van der Waals surface area (Å²) in [5, 5.41) is 12.3. The van der Waals surface area contributed by atoms with E-state index >= 15 is 0 Å². The summed E-state index contributed by atoms with van der Waals surface area (Å²) >= 11 is 1.59. The number of hydrogen-bond acceptors (Lipinski definition) is 6. The number of aliphatic hydroxyl groups is 1. The maximum atomic E-state index is 9.33. The van der Waals surface area contributed by atoms with Gasteiger partial charge in [-0.1, -0.05) is 19.3 Å². The molecule has 114 valence electrons. The summed E-state index contributed by atoms with van der Waals surface area (Å²) in [6, 6.07) is 2.50. The molecular weight excluding hydrogens is 284 g/mol. The number of nitrogens with zero attached hydrogens (tertiary/aromatic N) is 3. The molecule has 0 amide bonds. The molecule has 0 saturated heterocycles. The third-order valence-electron chi connectivity index (χ3n) is 4.22. The molecule has 0 atom stereocenters. The zero-order valence-corrected chi connectivity index (χ0v) is 13.0. The molecule has 0 unspecified atom stereocenters. The van der Waals surface area contributed by atoms with E-state index in [1.807, 2.05) is 11.4 Å². The second-order valence-corrected chi connectivity index (χ2v) is 6.54. The highest BCUT2D eigenvalue weighted by atomic mass is 32.1. The van der Waals surface area contributed by atoms with Crippen LogP contribution in [0.5, 0.6) is 0 Å². The van der Waals surface area contributed by atoms with Crippen molar-refractivity contribution in [2.45, 2.75) is 44.7 Å². The van der Waals surface area contributed by atoms with Crippen molar-refractivity contribution in [3.05, 3.63) is 17.3 Å². The monoisotopic (exact) mass is 306 g/mol. The number of hydrogen-bond donors (Lipinski definition) is 2. The van der Waals surface area contributed by atoms with Crippen LogP contribution in [0, 0.1) is 0 Å². The van der Waals surface area contributed by atoms with E-state index in [1.54, 1.807) is 11.3 Å². The van der Waals surface area contributed by atoms with Gasteiger partial charge in [0.05, 0.1) is 18.5 Å². The fourth-order valence-electron chi connectivity index (χ4n) is 3.14. The normalized spacial score (nSPS) is 16.9. The summed E-state index contributed by atoms with van der Waals surface area (Å²) < 4.78 is 0. The van der Waals surface area contributed by atoms with Gasteiger partial charge in [-0.15, -0.1) is 11.3 Å². The van der Waals surface area contributed by atoms with Crippen LogP contribution < -0.4 is 5.73 Å². The highest BCUT2D eigenvalue weighted by molar-refractivity contribution is 7.16. The number of anilines is 1. The molecule has 1 fully saturated rings. The highest BCUT2D eigenvalue weighted by Crippen LogP contribution is 2.26. The molecule has 0 spiro atoms. The number of rotatable bonds is 5. The Balaban J connectivity index is 1.79. The number of fused-ring (bicyclic) bond motifs is 1. The summed E-state index contributed by atoms with van der Waals surface area (Å²) in [6.45, 7) is 1.52. The van der Waals surface area contributed by atoms with Crippen molar-refractivity contribution in [1.29, 1.82) is 0 Å². The molecule has 5 nitrogen and oxygen atoms in total. The highest BCUT2D eigenvalue weighted by Gasteiger charge is 2.22. The summed E-state index contributed by atoms with van der Waals surface area (Å²) in [5.74, 6) is 1.32. The third kappa shape index (κ3) is 3.33. The molecule has 2 heterocycles. The zero-order chi connectivity index (χ0) is 14.7. The molecule has 2 aromatic rings. The summed E-state index contributed by atoms with van der Waals surface area (Å²) in [6.07, 6.45) is 6.29. The lowest BCUT2D eigenvalue weighted by atomic mass is 9.94. The number of nitrogens with two attached hydrogens (primary N) is 1. The van der Waals surface area contributed by atoms with Crippen LogP contribution in [0.2, 0.25) is 0 Å². The molecule has 0 aliphatic heterocycles. The maximum absolute atomic E-state index is 9.33. The van der Waals surface area contributed by atoms with Gasteiger partial charge in [0, 0.05) is 12.6 Å². The standard InChI is InChI=1S/C15H22N4OS/c16-14-12-6-9-21-15(12)18-13(17-14)10-19(7-8-20)11-4-2-1-3-5-11/h6,9,11,20H,1-5,7-8,10H2,(H2,16,17,18). The van der Waals surface area contributed by atoms with Crippen LogP contribution >= 0.6 is 11.3 Å². The smallest absolute Gasteiger partial charge is 0.146 e. The quantitative estimate of drug-likeness (QED) is 0.887. The van der Waals surface area contributed by atoms with Gasteiger partial charge in [-0.2, -0.15) is 0 Å². The first kappa shape index (κ1) is 14.7. The van der Waals surface area contributed by atoms with Crippen LogP contribution in [0.1, 0.15) is 37.9 Å². The Morgan fingerprint density at radius 2 is 2.10 bits per heavy atom. The minimum atomic E-state index is 0.174. The molecule has 1 aliphatic rings. The van der Waals surface area contributed by atoms with E-state index in [4.69, 9.17) is 5.73 Å². The van der Waals surface area contributed by atoms with Gasteiger partial charge in [-0.25, -0.2) is 9.97 Å². The van der Waals surface area contributed by atoms with Crippen LogP contribution in [-0.4, -0.2) is 39.2 Å². The summed E-state index contributed by atoms with van der Waals surface area (Å²) in [7, 11) is 0. The van der Waals surface area contributed by atoms with Crippen LogP contribution in [0.15, 0.2) is 11.4 Å². The number of aromatic nitrogens is 2. The molecule has 21 heavy (non-hydrogen) atoms. The van der Waals surface area contributed by atoms with Gasteiger partial charge in [-0.3, -0.25) is 4.90 Å². The molecule has 3 rings (SSSR count). The largest absolute Gasteiger partial charge is 0.395 e. The van der Waals surface area contributed by atoms with Crippen LogP contribution in [0.3, 0.4) is 0 Å². The van der Waals surface area contributed by atoms with E-state index in [0.717, 1.165) is 16.0 Å². The SMILES string of the molecule is Nc1nc(CN(CCO)C2CCCCC2)nc2sccc12. The average molecular weight is 306 g/mol. The first-order chi connectivity index (χ1) is 10.3. The fraction of sp³-hybridized carbons (Fsp3) is 0.600. The minimum absolute atomic E-state index is 0.174. The van der Waals surface area contributed by atoms with Crippen LogP contribution in [0.4, 0.5) is 5.82 Å². The van der Waals surface area contributed by atoms with Crippen molar-refractivity contribution in [3.8, 4) is 0 Å². The second kappa shape index (κ2) is 6.68. The van der Waals surface area contributed by atoms with E-state index in [-0.39, 0.29) is 6.61 Å². The molecule has 6 heteroatoms. The molecule has 2 aromatic heterocycles. The number of nitrogen functional groups attached to an aromatic ring is 1. The molecule has 3 N–H and O–H groups in total. The van der Waals surface area contributed by atoms with E-state index < -0.39 is 0 Å². The topological polar surface area (TPSA) is 75.3 Å². The zero-order valence-electron chi connectivity index (χ0n) is 12.2. The average Bonchev–Trinajstić information content (AvgIpc) is 2.97. The van der Waals surface area contributed by atoms with Crippen molar-refractivity contribution in [2.24, 2.45) is 0 Å². The fourth-order valence-corrected chi connectivity index (χ4v) is 3.93. The first-order valence-electron chi connectivity index (χ1n) is 7.62. The van der Waals surface area contributed by atoms with Gasteiger partial charge in [-0.05, 0) is 24.3 Å². The molecule has 0 bridgehead atoms. The molecule has 1 aliphatic carbocycles. The van der Waals surface area contributed by atoms with Gasteiger partial charge in [0.25, 0.3) is 0 Å². The lowest BCUT2D eigenvalue weighted by molar-refractivity contribution is 0.114. The molecule has 1 saturated carbocycles. The Bertz CT molecular complexity index is 594. The van der Waals surface area contributed by atoms with E-state index in [9.17, 15) is 5.11 Å². The predicted octanol–water partition coefficient (Wildman–Crippen LogP) is 2.40. The van der Waals surface area contributed by atoms with Gasteiger partial charge in [0.1, 0.15) is 16.5 Å². The Morgan fingerprint density at radius 3 is 2.86 bits per heavy atom. The van der Waals surface area contributed by atoms with Crippen molar-refractivity contribution < 1.29 is 5.11 Å². The van der Waals surface area contributed by atoms with E-state index in [2.05, 4.69) is 14.9 Å². The predicted molar refractivity (Wildman–Crippen MR) is 86.2 cm³/mol. The first-order valence-corrected chi connectivity index (χ1v) is 8.50. The van der Waals surface area contributed by atoms with Crippen molar-refractivity contribution >= 4 is 27.4 Å². The van der Waals surface area contributed by atoms with Crippen molar-refractivity contribution in [1.82, 2.24) is 14.9 Å². The second-order valence-electron chi connectivity index (χ2n) is 5.65. The van der Waals surface area contributed by atoms with Crippen molar-refractivity contribution in [3.63, 3.8) is 0 Å². The maximum Gasteiger partial charge on any atom is 0.146 e. The van der Waals surface area contributed by atoms with E-state index in [0.29, 0.717) is 24.9 Å². The van der Waals surface area contributed by atoms with Gasteiger partial charge in [0.15, 0.2) is 0 Å². The van der Waals surface area contributed by atoms with Crippen LogP contribution in [-0.2, 0) is 6.54 Å². The number of aliphatic hydroxyl groups excluding tert-OH is 1. The summed E-state index contributed by atoms with van der Waals surface area (Å²) in [4.78, 5) is 12.3. The Morgan fingerprint density at radius 1 is 1.29 bits per heavy atom. The number of thiophene rings is 1. The Hall–Kier alpha value is -1.24.